The normalized spacial score (nSPS) is 10.8. The predicted octanol–water partition coefficient (Wildman–Crippen LogP) is 6.35. The molecule has 0 aliphatic heterocycles. The number of aromatic nitrogens is 2. The molecule has 1 amide bonds. The lowest BCUT2D eigenvalue weighted by molar-refractivity contribution is 0.102. The topological polar surface area (TPSA) is 55.6 Å². The number of hydrogen-bond acceptors (Lipinski definition) is 3. The highest BCUT2D eigenvalue weighted by Crippen LogP contribution is 2.27. The molecule has 0 bridgehead atoms. The fourth-order valence-electron chi connectivity index (χ4n) is 3.50. The van der Waals surface area contributed by atoms with Crippen LogP contribution in [-0.2, 0) is 0 Å². The first-order chi connectivity index (χ1) is 15.7. The zero-order valence-corrected chi connectivity index (χ0v) is 17.5. The highest BCUT2D eigenvalue weighted by atomic mass is 16.5. The summed E-state index contributed by atoms with van der Waals surface area (Å²) in [7, 11) is 0. The summed E-state index contributed by atoms with van der Waals surface area (Å²) < 4.78 is 7.91. The molecule has 2 aromatic heterocycles. The molecular formula is C27H21N3O2. The molecule has 0 atom stereocenters. The Balaban J connectivity index is 1.34. The molecule has 0 unspecified atom stereocenters. The number of benzene rings is 3. The number of imidazole rings is 1. The summed E-state index contributed by atoms with van der Waals surface area (Å²) in [5, 5.41) is 2.95. The number of anilines is 1. The summed E-state index contributed by atoms with van der Waals surface area (Å²) in [4.78, 5) is 17.6. The number of para-hydroxylation sites is 2. The standard InChI is InChI=1S/C27H21N3O2/c1-19-15-16-30-18-24(29-26(30)17-19)20-11-13-21(14-12-20)28-27(31)23-9-5-6-10-25(23)32-22-7-3-2-4-8-22/h2-18H,1H3,(H,28,31). The summed E-state index contributed by atoms with van der Waals surface area (Å²) >= 11 is 0. The van der Waals surface area contributed by atoms with E-state index in [2.05, 4.69) is 18.3 Å². The van der Waals surface area contributed by atoms with Gasteiger partial charge in [0.2, 0.25) is 0 Å². The molecule has 156 valence electrons. The van der Waals surface area contributed by atoms with Crippen molar-refractivity contribution in [1.82, 2.24) is 9.38 Å². The van der Waals surface area contributed by atoms with Crippen LogP contribution in [0.2, 0.25) is 0 Å². The van der Waals surface area contributed by atoms with Crippen LogP contribution in [0, 0.1) is 6.92 Å². The molecular weight excluding hydrogens is 398 g/mol. The molecule has 0 aliphatic carbocycles. The second-order valence-corrected chi connectivity index (χ2v) is 7.54. The van der Waals surface area contributed by atoms with Gasteiger partial charge in [0.1, 0.15) is 17.1 Å². The van der Waals surface area contributed by atoms with E-state index in [1.165, 1.54) is 5.56 Å². The fraction of sp³-hybridized carbons (Fsp3) is 0.0370. The van der Waals surface area contributed by atoms with Gasteiger partial charge in [0.25, 0.3) is 5.91 Å². The molecule has 0 fully saturated rings. The lowest BCUT2D eigenvalue weighted by Crippen LogP contribution is -2.12. The second-order valence-electron chi connectivity index (χ2n) is 7.54. The zero-order valence-electron chi connectivity index (χ0n) is 17.5. The van der Waals surface area contributed by atoms with Crippen LogP contribution in [0.5, 0.6) is 11.5 Å². The monoisotopic (exact) mass is 419 g/mol. The summed E-state index contributed by atoms with van der Waals surface area (Å²) in [5.74, 6) is 0.958. The van der Waals surface area contributed by atoms with Crippen molar-refractivity contribution in [3.05, 3.63) is 115 Å². The lowest BCUT2D eigenvalue weighted by atomic mass is 10.1. The molecule has 0 radical (unpaired) electrons. The molecule has 5 aromatic rings. The molecule has 5 rings (SSSR count). The van der Waals surface area contributed by atoms with Gasteiger partial charge in [0.15, 0.2) is 0 Å². The number of carbonyl (C=O) groups is 1. The largest absolute Gasteiger partial charge is 0.457 e. The van der Waals surface area contributed by atoms with Gasteiger partial charge >= 0.3 is 0 Å². The summed E-state index contributed by atoms with van der Waals surface area (Å²) in [6.45, 7) is 2.05. The van der Waals surface area contributed by atoms with Crippen molar-refractivity contribution in [2.75, 3.05) is 5.32 Å². The predicted molar refractivity (Wildman–Crippen MR) is 126 cm³/mol. The first kappa shape index (κ1) is 19.6. The molecule has 0 saturated carbocycles. The highest BCUT2D eigenvalue weighted by molar-refractivity contribution is 6.06. The average Bonchev–Trinajstić information content (AvgIpc) is 3.24. The van der Waals surface area contributed by atoms with Crippen molar-refractivity contribution >= 4 is 17.2 Å². The molecule has 1 N–H and O–H groups in total. The SMILES string of the molecule is Cc1ccn2cc(-c3ccc(NC(=O)c4ccccc4Oc4ccccc4)cc3)nc2c1. The fourth-order valence-corrected chi connectivity index (χ4v) is 3.50. The van der Waals surface area contributed by atoms with Gasteiger partial charge in [-0.1, -0.05) is 42.5 Å². The Morgan fingerprint density at radius 2 is 1.66 bits per heavy atom. The van der Waals surface area contributed by atoms with Gasteiger partial charge in [-0.2, -0.15) is 0 Å². The molecule has 5 nitrogen and oxygen atoms in total. The number of amides is 1. The number of hydrogen-bond donors (Lipinski definition) is 1. The van der Waals surface area contributed by atoms with Gasteiger partial charge in [-0.05, 0) is 61.0 Å². The number of carbonyl (C=O) groups excluding carboxylic acids is 1. The van der Waals surface area contributed by atoms with E-state index in [1.54, 1.807) is 12.1 Å². The minimum Gasteiger partial charge on any atom is -0.457 e. The smallest absolute Gasteiger partial charge is 0.259 e. The minimum absolute atomic E-state index is 0.229. The van der Waals surface area contributed by atoms with Gasteiger partial charge in [0.05, 0.1) is 11.3 Å². The van der Waals surface area contributed by atoms with Crippen molar-refractivity contribution < 1.29 is 9.53 Å². The van der Waals surface area contributed by atoms with Crippen LogP contribution in [0.15, 0.2) is 103 Å². The van der Waals surface area contributed by atoms with E-state index in [-0.39, 0.29) is 5.91 Å². The van der Waals surface area contributed by atoms with Gasteiger partial charge in [0, 0.05) is 23.6 Å². The van der Waals surface area contributed by atoms with Crippen LogP contribution in [0.3, 0.4) is 0 Å². The van der Waals surface area contributed by atoms with E-state index in [0.717, 1.165) is 16.9 Å². The van der Waals surface area contributed by atoms with Crippen LogP contribution < -0.4 is 10.1 Å². The molecule has 0 saturated heterocycles. The third-order valence-electron chi connectivity index (χ3n) is 5.16. The quantitative estimate of drug-likeness (QED) is 0.361. The maximum atomic E-state index is 12.9. The van der Waals surface area contributed by atoms with Crippen LogP contribution >= 0.6 is 0 Å². The number of ether oxygens (including phenoxy) is 1. The van der Waals surface area contributed by atoms with Crippen LogP contribution in [0.1, 0.15) is 15.9 Å². The van der Waals surface area contributed by atoms with Gasteiger partial charge < -0.3 is 14.5 Å². The summed E-state index contributed by atoms with van der Waals surface area (Å²) in [6.07, 6.45) is 4.00. The van der Waals surface area contributed by atoms with Crippen molar-refractivity contribution in [2.24, 2.45) is 0 Å². The number of nitrogens with zero attached hydrogens (tertiary/aromatic N) is 2. The number of fused-ring (bicyclic) bond motifs is 1. The molecule has 0 aliphatic rings. The zero-order chi connectivity index (χ0) is 21.9. The maximum Gasteiger partial charge on any atom is 0.259 e. The third kappa shape index (κ3) is 4.09. The molecule has 0 spiro atoms. The average molecular weight is 419 g/mol. The maximum absolute atomic E-state index is 12.9. The van der Waals surface area contributed by atoms with Crippen LogP contribution in [0.4, 0.5) is 5.69 Å². The summed E-state index contributed by atoms with van der Waals surface area (Å²) in [6, 6.07) is 28.4. The minimum atomic E-state index is -0.229. The van der Waals surface area contributed by atoms with Crippen molar-refractivity contribution in [3.63, 3.8) is 0 Å². The Kier molecular flexibility index (Phi) is 5.14. The van der Waals surface area contributed by atoms with E-state index in [1.807, 2.05) is 89.6 Å². The van der Waals surface area contributed by atoms with Crippen molar-refractivity contribution in [3.8, 4) is 22.8 Å². The van der Waals surface area contributed by atoms with Gasteiger partial charge in [-0.25, -0.2) is 4.98 Å². The third-order valence-corrected chi connectivity index (χ3v) is 5.16. The number of pyridine rings is 1. The second kappa shape index (κ2) is 8.40. The number of nitrogens with one attached hydrogen (secondary N) is 1. The van der Waals surface area contributed by atoms with Gasteiger partial charge in [-0.15, -0.1) is 0 Å². The number of rotatable bonds is 5. The molecule has 3 aromatic carbocycles. The van der Waals surface area contributed by atoms with E-state index in [9.17, 15) is 4.79 Å². The highest BCUT2D eigenvalue weighted by Gasteiger charge is 2.13. The Morgan fingerprint density at radius 3 is 2.47 bits per heavy atom. The van der Waals surface area contributed by atoms with Gasteiger partial charge in [-0.3, -0.25) is 4.79 Å². The molecule has 2 heterocycles. The lowest BCUT2D eigenvalue weighted by Gasteiger charge is -2.11. The van der Waals surface area contributed by atoms with Crippen molar-refractivity contribution in [2.45, 2.75) is 6.92 Å². The summed E-state index contributed by atoms with van der Waals surface area (Å²) in [5.41, 5.74) is 5.12. The Labute approximate surface area is 185 Å². The van der Waals surface area contributed by atoms with E-state index in [4.69, 9.17) is 9.72 Å². The molecule has 5 heteroatoms. The Morgan fingerprint density at radius 1 is 0.906 bits per heavy atom. The number of aryl methyl sites for hydroxylation is 1. The van der Waals surface area contributed by atoms with Crippen LogP contribution in [0.25, 0.3) is 16.9 Å². The van der Waals surface area contributed by atoms with E-state index in [0.29, 0.717) is 22.7 Å². The Hall–Kier alpha value is -4.38. The van der Waals surface area contributed by atoms with Crippen molar-refractivity contribution in [1.29, 1.82) is 0 Å². The van der Waals surface area contributed by atoms with E-state index < -0.39 is 0 Å². The van der Waals surface area contributed by atoms with E-state index >= 15 is 0 Å². The first-order valence-corrected chi connectivity index (χ1v) is 10.3. The van der Waals surface area contributed by atoms with Crippen LogP contribution in [-0.4, -0.2) is 15.3 Å². The molecule has 32 heavy (non-hydrogen) atoms. The Bertz CT molecular complexity index is 1390. The first-order valence-electron chi connectivity index (χ1n) is 10.3.